The third-order valence-electron chi connectivity index (χ3n) is 5.71. The van der Waals surface area contributed by atoms with Crippen molar-refractivity contribution in [1.29, 1.82) is 0 Å². The second-order valence-electron chi connectivity index (χ2n) is 7.60. The van der Waals surface area contributed by atoms with Crippen molar-refractivity contribution >= 4 is 34.7 Å². The van der Waals surface area contributed by atoms with Crippen molar-refractivity contribution in [2.24, 2.45) is 0 Å². The Hall–Kier alpha value is -3.44. The van der Waals surface area contributed by atoms with Crippen molar-refractivity contribution in [1.82, 2.24) is 4.90 Å². The Balaban J connectivity index is 1.63. The molecule has 0 saturated carbocycles. The van der Waals surface area contributed by atoms with Gasteiger partial charge in [0.2, 0.25) is 0 Å². The van der Waals surface area contributed by atoms with Gasteiger partial charge in [-0.05, 0) is 53.4 Å². The minimum absolute atomic E-state index is 0.217. The molecule has 0 atom stereocenters. The third kappa shape index (κ3) is 3.41. The Morgan fingerprint density at radius 3 is 2.32 bits per heavy atom. The van der Waals surface area contributed by atoms with Gasteiger partial charge in [0.1, 0.15) is 11.5 Å². The quantitative estimate of drug-likeness (QED) is 0.557. The summed E-state index contributed by atoms with van der Waals surface area (Å²) >= 11 is 6.04. The minimum Gasteiger partial charge on any atom is -0.362 e. The van der Waals surface area contributed by atoms with Gasteiger partial charge in [0.25, 0.3) is 11.8 Å². The highest BCUT2D eigenvalue weighted by Gasteiger charge is 2.43. The molecular formula is C25H18ClFN2O2. The summed E-state index contributed by atoms with van der Waals surface area (Å²) in [7, 11) is 0. The van der Waals surface area contributed by atoms with Crippen LogP contribution in [0.5, 0.6) is 0 Å². The number of carbonyl (C=O) groups is 2. The molecule has 4 nitrogen and oxygen atoms in total. The lowest BCUT2D eigenvalue weighted by atomic mass is 9.98. The van der Waals surface area contributed by atoms with Crippen LogP contribution in [0.4, 0.5) is 10.1 Å². The first-order valence-corrected chi connectivity index (χ1v) is 10.4. The van der Waals surface area contributed by atoms with E-state index in [0.29, 0.717) is 34.9 Å². The normalized spacial score (nSPS) is 16.2. The molecule has 0 aromatic heterocycles. The molecule has 6 heteroatoms. The Morgan fingerprint density at radius 1 is 0.839 bits per heavy atom. The summed E-state index contributed by atoms with van der Waals surface area (Å²) in [6.45, 7) is 1.14. The molecule has 3 aromatic rings. The lowest BCUT2D eigenvalue weighted by Crippen LogP contribution is -2.37. The number of anilines is 1. The first-order chi connectivity index (χ1) is 15.0. The van der Waals surface area contributed by atoms with Gasteiger partial charge in [-0.1, -0.05) is 54.1 Å². The zero-order valence-electron chi connectivity index (χ0n) is 16.5. The maximum Gasteiger partial charge on any atom is 0.282 e. The van der Waals surface area contributed by atoms with E-state index in [1.807, 2.05) is 23.1 Å². The number of nitrogens with zero attached hydrogens (tertiary/aromatic N) is 2. The summed E-state index contributed by atoms with van der Waals surface area (Å²) in [5, 5.41) is 0.538. The predicted octanol–water partition coefficient (Wildman–Crippen LogP) is 4.82. The van der Waals surface area contributed by atoms with Crippen molar-refractivity contribution in [3.05, 3.63) is 106 Å². The smallest absolute Gasteiger partial charge is 0.282 e. The zero-order valence-corrected chi connectivity index (χ0v) is 17.3. The fourth-order valence-corrected chi connectivity index (χ4v) is 4.35. The van der Waals surface area contributed by atoms with Gasteiger partial charge in [0.15, 0.2) is 0 Å². The minimum atomic E-state index is -0.508. The molecular weight excluding hydrogens is 415 g/mol. The Morgan fingerprint density at radius 2 is 1.58 bits per heavy atom. The van der Waals surface area contributed by atoms with Crippen LogP contribution in [-0.4, -0.2) is 23.3 Å². The van der Waals surface area contributed by atoms with E-state index in [9.17, 15) is 14.0 Å². The SMILES string of the molecule is O=C1C(c2ccc(Cl)cc2)=C(N2CCc3ccccc3C2)C(=O)N1c1cccc(F)c1. The van der Waals surface area contributed by atoms with Gasteiger partial charge in [0.05, 0.1) is 11.3 Å². The van der Waals surface area contributed by atoms with Crippen molar-refractivity contribution in [3.8, 4) is 0 Å². The van der Waals surface area contributed by atoms with Crippen LogP contribution in [-0.2, 0) is 22.6 Å². The molecule has 0 N–H and O–H groups in total. The van der Waals surface area contributed by atoms with E-state index in [0.717, 1.165) is 16.9 Å². The molecule has 3 aromatic carbocycles. The van der Waals surface area contributed by atoms with Gasteiger partial charge in [-0.15, -0.1) is 0 Å². The third-order valence-corrected chi connectivity index (χ3v) is 5.96. The molecule has 2 aliphatic rings. The fourth-order valence-electron chi connectivity index (χ4n) is 4.22. The summed E-state index contributed by atoms with van der Waals surface area (Å²) in [6.07, 6.45) is 0.773. The molecule has 0 radical (unpaired) electrons. The average Bonchev–Trinajstić information content (AvgIpc) is 3.04. The Labute approximate surface area is 184 Å². The number of amides is 2. The lowest BCUT2D eigenvalue weighted by molar-refractivity contribution is -0.120. The second-order valence-corrected chi connectivity index (χ2v) is 8.03. The highest BCUT2D eigenvalue weighted by molar-refractivity contribution is 6.45. The van der Waals surface area contributed by atoms with Crippen LogP contribution in [0.25, 0.3) is 5.57 Å². The van der Waals surface area contributed by atoms with Crippen LogP contribution < -0.4 is 4.90 Å². The van der Waals surface area contributed by atoms with Crippen LogP contribution in [0.1, 0.15) is 16.7 Å². The summed E-state index contributed by atoms with van der Waals surface area (Å²) in [5.74, 6) is -1.42. The molecule has 5 rings (SSSR count). The van der Waals surface area contributed by atoms with Crippen LogP contribution in [0.3, 0.4) is 0 Å². The molecule has 0 spiro atoms. The summed E-state index contributed by atoms with van der Waals surface area (Å²) in [4.78, 5) is 30.0. The van der Waals surface area contributed by atoms with E-state index in [1.165, 1.54) is 23.8 Å². The van der Waals surface area contributed by atoms with E-state index in [-0.39, 0.29) is 5.69 Å². The molecule has 154 valence electrons. The van der Waals surface area contributed by atoms with E-state index in [2.05, 4.69) is 6.07 Å². The number of benzene rings is 3. The molecule has 0 saturated heterocycles. The second kappa shape index (κ2) is 7.67. The van der Waals surface area contributed by atoms with Gasteiger partial charge < -0.3 is 4.90 Å². The zero-order chi connectivity index (χ0) is 21.5. The van der Waals surface area contributed by atoms with Crippen LogP contribution in [0, 0.1) is 5.82 Å². The van der Waals surface area contributed by atoms with Crippen molar-refractivity contribution in [3.63, 3.8) is 0 Å². The number of rotatable bonds is 3. The maximum absolute atomic E-state index is 13.9. The van der Waals surface area contributed by atoms with Crippen molar-refractivity contribution in [2.45, 2.75) is 13.0 Å². The molecule has 2 aliphatic heterocycles. The average molecular weight is 433 g/mol. The van der Waals surface area contributed by atoms with Gasteiger partial charge in [0, 0.05) is 18.1 Å². The number of carbonyl (C=O) groups excluding carboxylic acids is 2. The number of halogens is 2. The maximum atomic E-state index is 13.9. The molecule has 0 unspecified atom stereocenters. The molecule has 0 aliphatic carbocycles. The largest absolute Gasteiger partial charge is 0.362 e. The van der Waals surface area contributed by atoms with Crippen molar-refractivity contribution < 1.29 is 14.0 Å². The van der Waals surface area contributed by atoms with Crippen LogP contribution in [0.2, 0.25) is 5.02 Å². The van der Waals surface area contributed by atoms with E-state index in [4.69, 9.17) is 11.6 Å². The molecule has 2 heterocycles. The first-order valence-electron chi connectivity index (χ1n) is 9.99. The monoisotopic (exact) mass is 432 g/mol. The Bertz CT molecular complexity index is 1240. The van der Waals surface area contributed by atoms with Gasteiger partial charge in [-0.25, -0.2) is 9.29 Å². The Kier molecular flexibility index (Phi) is 4.83. The van der Waals surface area contributed by atoms with Crippen LogP contribution >= 0.6 is 11.6 Å². The topological polar surface area (TPSA) is 40.6 Å². The van der Waals surface area contributed by atoms with Crippen molar-refractivity contribution in [2.75, 3.05) is 11.4 Å². The highest BCUT2D eigenvalue weighted by Crippen LogP contribution is 2.37. The summed E-state index contributed by atoms with van der Waals surface area (Å²) in [5.41, 5.74) is 3.84. The first kappa shape index (κ1) is 19.5. The highest BCUT2D eigenvalue weighted by atomic mass is 35.5. The molecule has 0 bridgehead atoms. The van der Waals surface area contributed by atoms with Crippen LogP contribution in [0.15, 0.2) is 78.5 Å². The van der Waals surface area contributed by atoms with Gasteiger partial charge >= 0.3 is 0 Å². The standard InChI is InChI=1S/C25H18ClFN2O2/c26-19-10-8-17(9-11-19)22-23(28-13-12-16-4-1-2-5-18(16)15-28)25(31)29(24(22)30)21-7-3-6-20(27)14-21/h1-11,14H,12-13,15H2. The van der Waals surface area contributed by atoms with E-state index in [1.54, 1.807) is 30.3 Å². The summed E-state index contributed by atoms with van der Waals surface area (Å²) in [6, 6.07) is 20.5. The van der Waals surface area contributed by atoms with E-state index >= 15 is 0 Å². The summed E-state index contributed by atoms with van der Waals surface area (Å²) < 4.78 is 13.9. The predicted molar refractivity (Wildman–Crippen MR) is 118 cm³/mol. The fraction of sp³-hybridized carbons (Fsp3) is 0.120. The van der Waals surface area contributed by atoms with Gasteiger partial charge in [-0.3, -0.25) is 9.59 Å². The number of imide groups is 1. The molecule has 2 amide bonds. The molecule has 0 fully saturated rings. The van der Waals surface area contributed by atoms with Gasteiger partial charge in [-0.2, -0.15) is 0 Å². The van der Waals surface area contributed by atoms with E-state index < -0.39 is 17.6 Å². The number of fused-ring (bicyclic) bond motifs is 1. The molecule has 31 heavy (non-hydrogen) atoms. The number of hydrogen-bond acceptors (Lipinski definition) is 3. The number of hydrogen-bond donors (Lipinski definition) is 0. The lowest BCUT2D eigenvalue weighted by Gasteiger charge is -2.31.